The number of hydrogen-bond acceptors (Lipinski definition) is 6. The van der Waals surface area contributed by atoms with Crippen molar-refractivity contribution in [2.24, 2.45) is 29.6 Å². The zero-order valence-electron chi connectivity index (χ0n) is 12.0. The molecule has 0 saturated heterocycles. The topological polar surface area (TPSA) is 78.9 Å². The van der Waals surface area contributed by atoms with Crippen LogP contribution in [-0.2, 0) is 28.6 Å². The fourth-order valence-corrected chi connectivity index (χ4v) is 3.88. The van der Waals surface area contributed by atoms with Gasteiger partial charge in [-0.1, -0.05) is 12.2 Å². The second-order valence-corrected chi connectivity index (χ2v) is 5.45. The molecule has 4 atom stereocenters. The molecule has 4 aliphatic carbocycles. The highest BCUT2D eigenvalue weighted by molar-refractivity contribution is 6.03. The van der Waals surface area contributed by atoms with Crippen LogP contribution < -0.4 is 0 Å². The first-order valence-electron chi connectivity index (χ1n) is 6.73. The van der Waals surface area contributed by atoms with Gasteiger partial charge in [0.15, 0.2) is 0 Å². The van der Waals surface area contributed by atoms with Crippen LogP contribution in [-0.4, -0.2) is 39.2 Å². The lowest BCUT2D eigenvalue weighted by atomic mass is 9.71. The number of carbonyl (C=O) groups excluding carboxylic acids is 3. The first kappa shape index (κ1) is 13.9. The summed E-state index contributed by atoms with van der Waals surface area (Å²) in [5.74, 6) is -2.20. The maximum atomic E-state index is 12.1. The van der Waals surface area contributed by atoms with Crippen LogP contribution in [0.15, 0.2) is 23.3 Å². The summed E-state index contributed by atoms with van der Waals surface area (Å²) in [5, 5.41) is 0. The molecule has 0 aliphatic heterocycles. The molecule has 0 amide bonds. The largest absolute Gasteiger partial charge is 0.469 e. The lowest BCUT2D eigenvalue weighted by Crippen LogP contribution is -2.33. The summed E-state index contributed by atoms with van der Waals surface area (Å²) < 4.78 is 14.4. The molecule has 0 heterocycles. The number of ether oxygens (including phenoxy) is 3. The second-order valence-electron chi connectivity index (χ2n) is 5.45. The molecule has 0 radical (unpaired) electrons. The van der Waals surface area contributed by atoms with E-state index in [-0.39, 0.29) is 35.6 Å². The van der Waals surface area contributed by atoms with Gasteiger partial charge >= 0.3 is 17.9 Å². The summed E-state index contributed by atoms with van der Waals surface area (Å²) in [6, 6.07) is 0. The molecule has 112 valence electrons. The fourth-order valence-electron chi connectivity index (χ4n) is 3.88. The van der Waals surface area contributed by atoms with Gasteiger partial charge in [0.25, 0.3) is 0 Å². The van der Waals surface area contributed by atoms with Crippen molar-refractivity contribution >= 4 is 17.9 Å². The molecule has 1 fully saturated rings. The molecule has 2 bridgehead atoms. The van der Waals surface area contributed by atoms with Gasteiger partial charge in [0.05, 0.1) is 38.4 Å². The summed E-state index contributed by atoms with van der Waals surface area (Å²) in [4.78, 5) is 36.0. The van der Waals surface area contributed by atoms with Gasteiger partial charge in [-0.2, -0.15) is 0 Å². The number of methoxy groups -OCH3 is 3. The monoisotopic (exact) mass is 294 g/mol. The molecule has 4 aliphatic rings. The highest BCUT2D eigenvalue weighted by Crippen LogP contribution is 2.65. The first-order valence-corrected chi connectivity index (χ1v) is 6.73. The maximum Gasteiger partial charge on any atom is 0.334 e. The third kappa shape index (κ3) is 1.74. The van der Waals surface area contributed by atoms with Crippen LogP contribution in [0.5, 0.6) is 0 Å². The number of hydrogen-bond donors (Lipinski definition) is 0. The van der Waals surface area contributed by atoms with Crippen LogP contribution in [0.4, 0.5) is 0 Å². The molecule has 1 saturated carbocycles. The van der Waals surface area contributed by atoms with Gasteiger partial charge in [-0.25, -0.2) is 9.59 Å². The summed E-state index contributed by atoms with van der Waals surface area (Å²) in [7, 11) is 3.90. The minimum absolute atomic E-state index is 0.00922. The molecular weight excluding hydrogens is 278 g/mol. The van der Waals surface area contributed by atoms with Gasteiger partial charge in [-0.3, -0.25) is 4.79 Å². The minimum atomic E-state index is -0.538. The molecule has 6 heteroatoms. The molecule has 21 heavy (non-hydrogen) atoms. The van der Waals surface area contributed by atoms with Crippen molar-refractivity contribution in [1.29, 1.82) is 0 Å². The van der Waals surface area contributed by atoms with E-state index in [1.807, 2.05) is 12.2 Å². The molecule has 0 spiro atoms. The van der Waals surface area contributed by atoms with Gasteiger partial charge < -0.3 is 14.2 Å². The Morgan fingerprint density at radius 3 is 1.57 bits per heavy atom. The summed E-state index contributed by atoms with van der Waals surface area (Å²) in [6.07, 6.45) is 3.76. The predicted octanol–water partition coefficient (Wildman–Crippen LogP) is 0.480. The Kier molecular flexibility index (Phi) is 3.11. The SMILES string of the molecule is COC(=O)C1=C(C(=O)OC)C2C=CC1C1C2[13CH]1[13C](=O)OC. The van der Waals surface area contributed by atoms with Crippen LogP contribution in [0.1, 0.15) is 0 Å². The Morgan fingerprint density at radius 1 is 0.810 bits per heavy atom. The van der Waals surface area contributed by atoms with E-state index in [2.05, 4.69) is 0 Å². The molecular formula is C15H16O6. The summed E-state index contributed by atoms with van der Waals surface area (Å²) >= 11 is 0. The van der Waals surface area contributed by atoms with Crippen molar-refractivity contribution in [2.45, 2.75) is 0 Å². The number of rotatable bonds is 3. The smallest absolute Gasteiger partial charge is 0.334 e. The van der Waals surface area contributed by atoms with E-state index >= 15 is 0 Å². The van der Waals surface area contributed by atoms with E-state index in [0.717, 1.165) is 0 Å². The van der Waals surface area contributed by atoms with Crippen LogP contribution in [0.2, 0.25) is 0 Å². The standard InChI is InChI=1S/C15H16O6/c1-19-13(16)10-6-4-5-7(11(10)14(17)20-2)9-8(6)12(9)15(18)21-3/h4-9,12H,1-3H3/i12+1,15+1. The van der Waals surface area contributed by atoms with Crippen molar-refractivity contribution in [3.8, 4) is 0 Å². The molecule has 6 nitrogen and oxygen atoms in total. The normalized spacial score (nSPS) is 35.1. The highest BCUT2D eigenvalue weighted by Gasteiger charge is 2.67. The van der Waals surface area contributed by atoms with Crippen LogP contribution in [0.25, 0.3) is 0 Å². The number of allylic oxidation sites excluding steroid dienone is 2. The minimum Gasteiger partial charge on any atom is -0.469 e. The zero-order valence-corrected chi connectivity index (χ0v) is 12.0. The van der Waals surface area contributed by atoms with E-state index in [0.29, 0.717) is 11.1 Å². The van der Waals surface area contributed by atoms with Gasteiger partial charge in [0.2, 0.25) is 0 Å². The summed E-state index contributed by atoms with van der Waals surface area (Å²) in [5.41, 5.74) is 0.647. The van der Waals surface area contributed by atoms with Crippen molar-refractivity contribution in [2.75, 3.05) is 21.3 Å². The lowest BCUT2D eigenvalue weighted by Gasteiger charge is -2.32. The first-order chi connectivity index (χ1) is 10.1. The number of esters is 3. The van der Waals surface area contributed by atoms with Gasteiger partial charge in [0, 0.05) is 11.8 Å². The van der Waals surface area contributed by atoms with Gasteiger partial charge in [-0.05, 0) is 11.8 Å². The molecule has 0 aromatic carbocycles. The molecule has 0 aromatic rings. The van der Waals surface area contributed by atoms with E-state index in [1.165, 1.54) is 21.3 Å². The third-order valence-corrected chi connectivity index (χ3v) is 4.73. The zero-order chi connectivity index (χ0) is 15.3. The molecule has 4 rings (SSSR count). The van der Waals surface area contributed by atoms with Gasteiger partial charge in [-0.15, -0.1) is 0 Å². The molecule has 0 aromatic heterocycles. The fraction of sp³-hybridized carbons (Fsp3) is 0.533. The Hall–Kier alpha value is -2.11. The van der Waals surface area contributed by atoms with Crippen molar-refractivity contribution in [3.63, 3.8) is 0 Å². The second kappa shape index (κ2) is 4.72. The van der Waals surface area contributed by atoms with Gasteiger partial charge in [0.1, 0.15) is 0 Å². The van der Waals surface area contributed by atoms with Crippen LogP contribution in [0, 0.1) is 29.6 Å². The quantitative estimate of drug-likeness (QED) is 0.326. The Balaban J connectivity index is 2.03. The Bertz CT molecular complexity index is 545. The Morgan fingerprint density at radius 2 is 1.24 bits per heavy atom. The lowest BCUT2D eigenvalue weighted by molar-refractivity contribution is -0.143. The van der Waals surface area contributed by atoms with E-state index < -0.39 is 11.9 Å². The van der Waals surface area contributed by atoms with Crippen molar-refractivity contribution in [1.82, 2.24) is 0 Å². The van der Waals surface area contributed by atoms with Crippen LogP contribution >= 0.6 is 0 Å². The molecule has 4 unspecified atom stereocenters. The highest BCUT2D eigenvalue weighted by atomic mass is 16.6. The third-order valence-electron chi connectivity index (χ3n) is 4.73. The van der Waals surface area contributed by atoms with Crippen molar-refractivity contribution in [3.05, 3.63) is 23.3 Å². The molecule has 0 N–H and O–H groups in total. The average molecular weight is 294 g/mol. The maximum absolute atomic E-state index is 12.1. The van der Waals surface area contributed by atoms with Crippen molar-refractivity contribution < 1.29 is 28.6 Å². The van der Waals surface area contributed by atoms with E-state index in [4.69, 9.17) is 14.2 Å². The van der Waals surface area contributed by atoms with E-state index in [1.54, 1.807) is 0 Å². The number of carbonyl (C=O) groups is 3. The van der Waals surface area contributed by atoms with E-state index in [9.17, 15) is 14.4 Å². The van der Waals surface area contributed by atoms with Crippen LogP contribution in [0.3, 0.4) is 0 Å². The summed E-state index contributed by atoms with van der Waals surface area (Å²) in [6.45, 7) is 0. The average Bonchev–Trinajstić information content (AvgIpc) is 3.29. The Labute approximate surface area is 121 Å². The predicted molar refractivity (Wildman–Crippen MR) is 69.7 cm³/mol.